The Morgan fingerprint density at radius 3 is 2.62 bits per heavy atom. The predicted octanol–water partition coefficient (Wildman–Crippen LogP) is 1.72. The molecule has 2 aromatic rings. The SMILES string of the molecule is Cc1noc(C)c1COc1ccc(CC(=O)NC2CCS(=O)(=O)C2)cc1. The first-order valence-electron chi connectivity index (χ1n) is 8.46. The van der Waals surface area contributed by atoms with Gasteiger partial charge in [-0.05, 0) is 38.0 Å². The molecule has 2 heterocycles. The number of nitrogens with zero attached hydrogens (tertiary/aromatic N) is 1. The number of hydrogen-bond acceptors (Lipinski definition) is 6. The summed E-state index contributed by atoms with van der Waals surface area (Å²) in [4.78, 5) is 12.1. The number of rotatable bonds is 6. The van der Waals surface area contributed by atoms with Crippen LogP contribution in [0.3, 0.4) is 0 Å². The van der Waals surface area contributed by atoms with Gasteiger partial charge in [-0.3, -0.25) is 4.79 Å². The van der Waals surface area contributed by atoms with E-state index in [0.29, 0.717) is 18.8 Å². The van der Waals surface area contributed by atoms with Crippen LogP contribution < -0.4 is 10.1 Å². The molecule has 3 rings (SSSR count). The fourth-order valence-electron chi connectivity index (χ4n) is 2.94. The van der Waals surface area contributed by atoms with Gasteiger partial charge in [0, 0.05) is 6.04 Å². The van der Waals surface area contributed by atoms with E-state index >= 15 is 0 Å². The van der Waals surface area contributed by atoms with Crippen LogP contribution in [0.4, 0.5) is 0 Å². The molecule has 0 saturated carbocycles. The molecule has 7 nitrogen and oxygen atoms in total. The Labute approximate surface area is 152 Å². The number of amides is 1. The maximum absolute atomic E-state index is 12.1. The Hall–Kier alpha value is -2.35. The highest BCUT2D eigenvalue weighted by molar-refractivity contribution is 7.91. The van der Waals surface area contributed by atoms with Crippen LogP contribution in [-0.2, 0) is 27.7 Å². The van der Waals surface area contributed by atoms with Gasteiger partial charge in [0.25, 0.3) is 0 Å². The molecule has 1 N–H and O–H groups in total. The topological polar surface area (TPSA) is 98.5 Å². The van der Waals surface area contributed by atoms with Crippen LogP contribution in [0.5, 0.6) is 5.75 Å². The van der Waals surface area contributed by atoms with Crippen LogP contribution in [0.1, 0.15) is 29.0 Å². The van der Waals surface area contributed by atoms with Gasteiger partial charge in [-0.2, -0.15) is 0 Å². The zero-order chi connectivity index (χ0) is 18.7. The summed E-state index contributed by atoms with van der Waals surface area (Å²) in [5.41, 5.74) is 2.58. The second-order valence-electron chi connectivity index (χ2n) is 6.58. The van der Waals surface area contributed by atoms with Crippen molar-refractivity contribution in [3.8, 4) is 5.75 Å². The number of carbonyl (C=O) groups is 1. The molecule has 1 aliphatic heterocycles. The normalized spacial score (nSPS) is 18.6. The van der Waals surface area contributed by atoms with Crippen molar-refractivity contribution in [2.75, 3.05) is 11.5 Å². The fourth-order valence-corrected chi connectivity index (χ4v) is 4.61. The van der Waals surface area contributed by atoms with Gasteiger partial charge in [0.1, 0.15) is 18.1 Å². The number of nitrogens with one attached hydrogen (secondary N) is 1. The highest BCUT2D eigenvalue weighted by atomic mass is 32.2. The second kappa shape index (κ2) is 7.49. The van der Waals surface area contributed by atoms with Gasteiger partial charge in [0.15, 0.2) is 9.84 Å². The summed E-state index contributed by atoms with van der Waals surface area (Å²) in [5.74, 6) is 1.44. The van der Waals surface area contributed by atoms with Crippen LogP contribution in [0.25, 0.3) is 0 Å². The highest BCUT2D eigenvalue weighted by Gasteiger charge is 2.28. The first-order chi connectivity index (χ1) is 12.3. The number of carbonyl (C=O) groups excluding carboxylic acids is 1. The average Bonchev–Trinajstić information content (AvgIpc) is 3.08. The van der Waals surface area contributed by atoms with Gasteiger partial charge < -0.3 is 14.6 Å². The molecule has 1 aliphatic rings. The summed E-state index contributed by atoms with van der Waals surface area (Å²) in [6.07, 6.45) is 0.698. The third kappa shape index (κ3) is 4.63. The monoisotopic (exact) mass is 378 g/mol. The van der Waals surface area contributed by atoms with E-state index in [1.54, 1.807) is 12.1 Å². The smallest absolute Gasteiger partial charge is 0.224 e. The van der Waals surface area contributed by atoms with Crippen LogP contribution in [0, 0.1) is 13.8 Å². The van der Waals surface area contributed by atoms with Crippen molar-refractivity contribution in [2.45, 2.75) is 39.3 Å². The van der Waals surface area contributed by atoms with E-state index in [1.807, 2.05) is 26.0 Å². The lowest BCUT2D eigenvalue weighted by Gasteiger charge is -2.11. The maximum Gasteiger partial charge on any atom is 0.224 e. The molecule has 26 heavy (non-hydrogen) atoms. The van der Waals surface area contributed by atoms with E-state index in [1.165, 1.54) is 0 Å². The van der Waals surface area contributed by atoms with Crippen molar-refractivity contribution < 1.29 is 22.5 Å². The van der Waals surface area contributed by atoms with Crippen LogP contribution in [0.15, 0.2) is 28.8 Å². The van der Waals surface area contributed by atoms with E-state index < -0.39 is 9.84 Å². The minimum atomic E-state index is -2.99. The predicted molar refractivity (Wildman–Crippen MR) is 95.7 cm³/mol. The molecule has 0 radical (unpaired) electrons. The number of hydrogen-bond donors (Lipinski definition) is 1. The molecule has 0 aliphatic carbocycles. The lowest BCUT2D eigenvalue weighted by atomic mass is 10.1. The molecule has 0 bridgehead atoms. The van der Waals surface area contributed by atoms with Gasteiger partial charge in [0.05, 0.1) is 29.2 Å². The van der Waals surface area contributed by atoms with E-state index in [-0.39, 0.29) is 29.9 Å². The molecular weight excluding hydrogens is 356 g/mol. The van der Waals surface area contributed by atoms with E-state index in [4.69, 9.17) is 9.26 Å². The molecule has 1 aromatic carbocycles. The highest BCUT2D eigenvalue weighted by Crippen LogP contribution is 2.18. The quantitative estimate of drug-likeness (QED) is 0.822. The Morgan fingerprint density at radius 2 is 2.04 bits per heavy atom. The number of aromatic nitrogens is 1. The zero-order valence-electron chi connectivity index (χ0n) is 14.8. The Kier molecular flexibility index (Phi) is 5.31. The van der Waals surface area contributed by atoms with Crippen LogP contribution in [-0.4, -0.2) is 37.0 Å². The Balaban J connectivity index is 1.50. The summed E-state index contributed by atoms with van der Waals surface area (Å²) in [6.45, 7) is 4.08. The van der Waals surface area contributed by atoms with Crippen molar-refractivity contribution in [3.05, 3.63) is 46.8 Å². The Morgan fingerprint density at radius 1 is 1.31 bits per heavy atom. The zero-order valence-corrected chi connectivity index (χ0v) is 15.6. The molecule has 0 spiro atoms. The van der Waals surface area contributed by atoms with E-state index in [9.17, 15) is 13.2 Å². The molecule has 140 valence electrons. The number of ether oxygens (including phenoxy) is 1. The first-order valence-corrected chi connectivity index (χ1v) is 10.3. The summed E-state index contributed by atoms with van der Waals surface area (Å²) < 4.78 is 33.7. The van der Waals surface area contributed by atoms with Crippen LogP contribution in [0.2, 0.25) is 0 Å². The van der Waals surface area contributed by atoms with Gasteiger partial charge in [-0.25, -0.2) is 8.42 Å². The lowest BCUT2D eigenvalue weighted by molar-refractivity contribution is -0.121. The standard InChI is InChI=1S/C18H22N2O5S/c1-12-17(13(2)25-20-12)10-24-16-5-3-14(4-6-16)9-18(21)19-15-7-8-26(22,23)11-15/h3-6,15H,7-11H2,1-2H3,(H,19,21). The molecule has 1 unspecified atom stereocenters. The van der Waals surface area contributed by atoms with Gasteiger partial charge in [-0.1, -0.05) is 17.3 Å². The minimum Gasteiger partial charge on any atom is -0.489 e. The first kappa shape index (κ1) is 18.4. The lowest BCUT2D eigenvalue weighted by Crippen LogP contribution is -2.36. The molecular formula is C18H22N2O5S. The third-order valence-electron chi connectivity index (χ3n) is 4.45. The number of aryl methyl sites for hydroxylation is 2. The fraction of sp³-hybridized carbons (Fsp3) is 0.444. The average molecular weight is 378 g/mol. The second-order valence-corrected chi connectivity index (χ2v) is 8.81. The molecule has 1 atom stereocenters. The van der Waals surface area contributed by atoms with Gasteiger partial charge in [-0.15, -0.1) is 0 Å². The third-order valence-corrected chi connectivity index (χ3v) is 6.22. The van der Waals surface area contributed by atoms with Gasteiger partial charge >= 0.3 is 0 Å². The van der Waals surface area contributed by atoms with Crippen molar-refractivity contribution in [1.82, 2.24) is 10.5 Å². The number of benzene rings is 1. The largest absolute Gasteiger partial charge is 0.489 e. The molecule has 1 saturated heterocycles. The van der Waals surface area contributed by atoms with Crippen molar-refractivity contribution in [2.24, 2.45) is 0 Å². The summed E-state index contributed by atoms with van der Waals surface area (Å²) in [6, 6.07) is 6.99. The summed E-state index contributed by atoms with van der Waals surface area (Å²) in [7, 11) is -2.99. The minimum absolute atomic E-state index is 0.0349. The van der Waals surface area contributed by atoms with E-state index in [0.717, 1.165) is 22.6 Å². The number of sulfone groups is 1. The molecule has 1 amide bonds. The molecule has 1 fully saturated rings. The van der Waals surface area contributed by atoms with Gasteiger partial charge in [0.2, 0.25) is 5.91 Å². The summed E-state index contributed by atoms with van der Waals surface area (Å²) in [5, 5.41) is 6.68. The van der Waals surface area contributed by atoms with Crippen molar-refractivity contribution >= 4 is 15.7 Å². The van der Waals surface area contributed by atoms with Crippen LogP contribution >= 0.6 is 0 Å². The summed E-state index contributed by atoms with van der Waals surface area (Å²) >= 11 is 0. The van der Waals surface area contributed by atoms with Crippen molar-refractivity contribution in [3.63, 3.8) is 0 Å². The van der Waals surface area contributed by atoms with Crippen molar-refractivity contribution in [1.29, 1.82) is 0 Å². The molecule has 1 aromatic heterocycles. The molecule has 8 heteroatoms. The maximum atomic E-state index is 12.1. The Bertz CT molecular complexity index is 867. The van der Waals surface area contributed by atoms with E-state index in [2.05, 4.69) is 10.5 Å².